The third-order valence-electron chi connectivity index (χ3n) is 4.12. The first-order chi connectivity index (χ1) is 12.5. The number of thioether (sulfide) groups is 1. The van der Waals surface area contributed by atoms with E-state index >= 15 is 0 Å². The molecule has 26 heavy (non-hydrogen) atoms. The van der Waals surface area contributed by atoms with Crippen LogP contribution >= 0.6 is 11.8 Å². The maximum atomic E-state index is 12.4. The summed E-state index contributed by atoms with van der Waals surface area (Å²) in [6.45, 7) is 1.97. The van der Waals surface area contributed by atoms with Crippen molar-refractivity contribution in [2.24, 2.45) is 0 Å². The van der Waals surface area contributed by atoms with Crippen LogP contribution in [0.4, 0.5) is 10.5 Å². The second kappa shape index (κ2) is 9.87. The number of rotatable bonds is 8. The van der Waals surface area contributed by atoms with Crippen LogP contribution in [0.25, 0.3) is 0 Å². The van der Waals surface area contributed by atoms with Crippen LogP contribution in [0.15, 0.2) is 53.4 Å². The third kappa shape index (κ3) is 6.11. The highest BCUT2D eigenvalue weighted by atomic mass is 32.2. The Kier molecular flexibility index (Phi) is 7.53. The number of aliphatic carboxylic acids is 1. The fraction of sp³-hybridized carbons (Fsp3) is 0.300. The minimum atomic E-state index is -0.867. The predicted molar refractivity (Wildman–Crippen MR) is 106 cm³/mol. The fourth-order valence-electron chi connectivity index (χ4n) is 2.74. The molecule has 5 nitrogen and oxygen atoms in total. The van der Waals surface area contributed by atoms with Crippen molar-refractivity contribution in [1.29, 1.82) is 0 Å². The Balaban J connectivity index is 2.04. The summed E-state index contributed by atoms with van der Waals surface area (Å²) in [6, 6.07) is 14.9. The van der Waals surface area contributed by atoms with E-state index in [9.17, 15) is 9.59 Å². The smallest absolute Gasteiger partial charge is 0.319 e. The summed E-state index contributed by atoms with van der Waals surface area (Å²) < 4.78 is 0. The van der Waals surface area contributed by atoms with Crippen LogP contribution in [-0.4, -0.2) is 29.4 Å². The van der Waals surface area contributed by atoms with Crippen molar-refractivity contribution in [3.05, 3.63) is 59.7 Å². The summed E-state index contributed by atoms with van der Waals surface area (Å²) >= 11 is 1.63. The van der Waals surface area contributed by atoms with E-state index in [1.165, 1.54) is 0 Å². The molecule has 0 fully saturated rings. The zero-order valence-corrected chi connectivity index (χ0v) is 15.8. The fourth-order valence-corrected chi connectivity index (χ4v) is 3.37. The molecular formula is C20H24N2O3S. The summed E-state index contributed by atoms with van der Waals surface area (Å²) in [4.78, 5) is 24.5. The highest BCUT2D eigenvalue weighted by molar-refractivity contribution is 7.98. The van der Waals surface area contributed by atoms with E-state index in [2.05, 4.69) is 10.6 Å². The normalized spacial score (nSPS) is 11.6. The van der Waals surface area contributed by atoms with Crippen LogP contribution in [0.2, 0.25) is 0 Å². The van der Waals surface area contributed by atoms with Crippen molar-refractivity contribution in [2.45, 2.75) is 37.1 Å². The minimum absolute atomic E-state index is 0.0127. The number of nitrogens with one attached hydrogen (secondary N) is 2. The van der Waals surface area contributed by atoms with Crippen molar-refractivity contribution in [2.75, 3.05) is 11.6 Å². The number of hydrogen-bond acceptors (Lipinski definition) is 3. The third-order valence-corrected chi connectivity index (χ3v) is 5.00. The summed E-state index contributed by atoms with van der Waals surface area (Å²) in [5.74, 6) is -0.867. The van der Waals surface area contributed by atoms with Crippen LogP contribution in [0.3, 0.4) is 0 Å². The summed E-state index contributed by atoms with van der Waals surface area (Å²) in [6.07, 6.45) is 2.97. The topological polar surface area (TPSA) is 78.4 Å². The molecule has 2 aromatic rings. The zero-order chi connectivity index (χ0) is 18.9. The number of hydrogen-bond donors (Lipinski definition) is 3. The molecule has 0 heterocycles. The van der Waals surface area contributed by atoms with E-state index in [0.29, 0.717) is 12.8 Å². The van der Waals surface area contributed by atoms with Crippen molar-refractivity contribution >= 4 is 29.4 Å². The Hall–Kier alpha value is -2.47. The van der Waals surface area contributed by atoms with Gasteiger partial charge in [0.25, 0.3) is 0 Å². The first kappa shape index (κ1) is 19.8. The predicted octanol–water partition coefficient (Wildman–Crippen LogP) is 4.31. The lowest BCUT2D eigenvalue weighted by Gasteiger charge is -2.19. The summed E-state index contributed by atoms with van der Waals surface area (Å²) in [5.41, 5.74) is 2.83. The van der Waals surface area contributed by atoms with Gasteiger partial charge in [0.2, 0.25) is 0 Å². The summed E-state index contributed by atoms with van der Waals surface area (Å²) in [7, 11) is 0. The minimum Gasteiger partial charge on any atom is -0.481 e. The molecule has 1 atom stereocenters. The molecule has 2 rings (SSSR count). The lowest BCUT2D eigenvalue weighted by Crippen LogP contribution is -2.39. The zero-order valence-electron chi connectivity index (χ0n) is 15.0. The molecular weight excluding hydrogens is 348 g/mol. The number of benzene rings is 2. The molecule has 0 saturated carbocycles. The van der Waals surface area contributed by atoms with Gasteiger partial charge in [-0.05, 0) is 49.3 Å². The van der Waals surface area contributed by atoms with Gasteiger partial charge in [-0.25, -0.2) is 4.79 Å². The molecule has 0 spiro atoms. The van der Waals surface area contributed by atoms with E-state index in [4.69, 9.17) is 5.11 Å². The van der Waals surface area contributed by atoms with Crippen molar-refractivity contribution in [3.63, 3.8) is 0 Å². The molecule has 138 valence electrons. The largest absolute Gasteiger partial charge is 0.481 e. The monoisotopic (exact) mass is 372 g/mol. The van der Waals surface area contributed by atoms with Crippen LogP contribution in [0.1, 0.15) is 24.0 Å². The highest BCUT2D eigenvalue weighted by Gasteiger charge is 2.16. The maximum Gasteiger partial charge on any atom is 0.319 e. The molecule has 0 aromatic heterocycles. The van der Waals surface area contributed by atoms with Gasteiger partial charge in [-0.15, -0.1) is 11.8 Å². The number of anilines is 1. The van der Waals surface area contributed by atoms with Gasteiger partial charge in [-0.3, -0.25) is 4.79 Å². The Morgan fingerprint density at radius 2 is 1.85 bits per heavy atom. The Morgan fingerprint density at radius 1 is 1.12 bits per heavy atom. The van der Waals surface area contributed by atoms with Crippen molar-refractivity contribution in [1.82, 2.24) is 5.32 Å². The van der Waals surface area contributed by atoms with Gasteiger partial charge >= 0.3 is 12.0 Å². The molecule has 0 aliphatic heterocycles. The number of urea groups is 1. The number of carboxylic acids is 1. The molecule has 0 aliphatic carbocycles. The van der Waals surface area contributed by atoms with Crippen molar-refractivity contribution < 1.29 is 14.7 Å². The Bertz CT molecular complexity index is 750. The molecule has 6 heteroatoms. The number of carbonyl (C=O) groups is 2. The second-order valence-electron chi connectivity index (χ2n) is 6.05. The van der Waals surface area contributed by atoms with E-state index in [0.717, 1.165) is 21.7 Å². The van der Waals surface area contributed by atoms with Crippen molar-refractivity contribution in [3.8, 4) is 0 Å². The first-order valence-corrected chi connectivity index (χ1v) is 9.69. The molecule has 2 aromatic carbocycles. The van der Waals surface area contributed by atoms with Gasteiger partial charge in [0.1, 0.15) is 0 Å². The molecule has 1 unspecified atom stereocenters. The van der Waals surface area contributed by atoms with E-state index in [-0.39, 0.29) is 18.5 Å². The molecule has 3 N–H and O–H groups in total. The van der Waals surface area contributed by atoms with Gasteiger partial charge in [-0.1, -0.05) is 36.4 Å². The molecule has 0 bridgehead atoms. The number of carbonyl (C=O) groups excluding carboxylic acids is 1. The summed E-state index contributed by atoms with van der Waals surface area (Å²) in [5, 5.41) is 14.8. The molecule has 0 aliphatic rings. The number of carboxylic acid groups (broad SMARTS) is 1. The highest BCUT2D eigenvalue weighted by Crippen LogP contribution is 2.25. The SMILES string of the molecule is CSc1cccc(NC(=O)NC(CCC(=O)O)Cc2ccccc2)c1C. The van der Waals surface area contributed by atoms with E-state index in [1.807, 2.05) is 61.7 Å². The Morgan fingerprint density at radius 3 is 2.50 bits per heavy atom. The van der Waals surface area contributed by atoms with Crippen LogP contribution in [0, 0.1) is 6.92 Å². The first-order valence-electron chi connectivity index (χ1n) is 8.46. The quantitative estimate of drug-likeness (QED) is 0.603. The van der Waals surface area contributed by atoms with Gasteiger partial charge in [-0.2, -0.15) is 0 Å². The van der Waals surface area contributed by atoms with Gasteiger partial charge < -0.3 is 15.7 Å². The molecule has 0 radical (unpaired) electrons. The average molecular weight is 372 g/mol. The van der Waals surface area contributed by atoms with Gasteiger partial charge in [0.05, 0.1) is 0 Å². The van der Waals surface area contributed by atoms with Crippen LogP contribution < -0.4 is 10.6 Å². The lowest BCUT2D eigenvalue weighted by molar-refractivity contribution is -0.137. The van der Waals surface area contributed by atoms with Gasteiger partial charge in [0.15, 0.2) is 0 Å². The van der Waals surface area contributed by atoms with E-state index in [1.54, 1.807) is 11.8 Å². The maximum absolute atomic E-state index is 12.4. The average Bonchev–Trinajstić information content (AvgIpc) is 2.62. The van der Waals surface area contributed by atoms with Crippen LogP contribution in [-0.2, 0) is 11.2 Å². The van der Waals surface area contributed by atoms with Crippen LogP contribution in [0.5, 0.6) is 0 Å². The molecule has 0 saturated heterocycles. The standard InChI is InChI=1S/C20H24N2O3S/c1-14-17(9-6-10-18(14)26-2)22-20(25)21-16(11-12-19(23)24)13-15-7-4-3-5-8-15/h3-10,16H,11-13H2,1-2H3,(H,23,24)(H2,21,22,25). The van der Waals surface area contributed by atoms with E-state index < -0.39 is 5.97 Å². The lowest BCUT2D eigenvalue weighted by atomic mass is 10.0. The number of amides is 2. The van der Waals surface area contributed by atoms with Gasteiger partial charge in [0, 0.05) is 23.0 Å². The Labute approximate surface area is 158 Å². The second-order valence-corrected chi connectivity index (χ2v) is 6.90. The molecule has 2 amide bonds.